The van der Waals surface area contributed by atoms with Crippen molar-refractivity contribution in [1.82, 2.24) is 5.32 Å². The summed E-state index contributed by atoms with van der Waals surface area (Å²) in [6.45, 7) is 0.974. The predicted molar refractivity (Wildman–Crippen MR) is 57.5 cm³/mol. The summed E-state index contributed by atoms with van der Waals surface area (Å²) >= 11 is 0. The summed E-state index contributed by atoms with van der Waals surface area (Å²) in [6, 6.07) is 5.07. The largest absolute Gasteiger partial charge is 0.497 e. The second-order valence-electron chi connectivity index (χ2n) is 3.89. The van der Waals surface area contributed by atoms with Gasteiger partial charge in [-0.15, -0.1) is 0 Å². The zero-order valence-corrected chi connectivity index (χ0v) is 8.92. The van der Waals surface area contributed by atoms with Gasteiger partial charge in [0.2, 0.25) is 0 Å². The van der Waals surface area contributed by atoms with Crippen molar-refractivity contribution in [3.05, 3.63) is 29.6 Å². The molecule has 0 amide bonds. The minimum atomic E-state index is -0.143. The Morgan fingerprint density at radius 3 is 2.93 bits per heavy atom. The quantitative estimate of drug-likeness (QED) is 0.808. The Labute approximate surface area is 89.4 Å². The van der Waals surface area contributed by atoms with Crippen LogP contribution in [0, 0.1) is 5.82 Å². The average molecular weight is 209 g/mol. The van der Waals surface area contributed by atoms with E-state index in [0.29, 0.717) is 0 Å². The Kier molecular flexibility index (Phi) is 3.21. The van der Waals surface area contributed by atoms with Gasteiger partial charge in [0.15, 0.2) is 0 Å². The van der Waals surface area contributed by atoms with Gasteiger partial charge in [0, 0.05) is 11.6 Å². The zero-order chi connectivity index (χ0) is 10.7. The van der Waals surface area contributed by atoms with Crippen LogP contribution in [0.2, 0.25) is 0 Å². The molecule has 1 aliphatic heterocycles. The average Bonchev–Trinajstić information content (AvgIpc) is 2.31. The van der Waals surface area contributed by atoms with E-state index in [4.69, 9.17) is 4.74 Å². The first-order valence-electron chi connectivity index (χ1n) is 5.38. The summed E-state index contributed by atoms with van der Waals surface area (Å²) in [5.74, 6) is 0.578. The third-order valence-electron chi connectivity index (χ3n) is 2.89. The number of benzene rings is 1. The maximum absolute atomic E-state index is 13.6. The molecule has 1 aromatic rings. The van der Waals surface area contributed by atoms with Gasteiger partial charge in [-0.05, 0) is 37.6 Å². The van der Waals surface area contributed by atoms with Crippen molar-refractivity contribution in [2.75, 3.05) is 13.7 Å². The highest BCUT2D eigenvalue weighted by atomic mass is 19.1. The number of methoxy groups -OCH3 is 1. The van der Waals surface area contributed by atoms with Crippen LogP contribution in [0.4, 0.5) is 4.39 Å². The zero-order valence-electron chi connectivity index (χ0n) is 8.92. The van der Waals surface area contributed by atoms with Crippen molar-refractivity contribution in [1.29, 1.82) is 0 Å². The fourth-order valence-corrected chi connectivity index (χ4v) is 2.03. The number of hydrogen-bond donors (Lipinski definition) is 1. The first-order valence-corrected chi connectivity index (χ1v) is 5.38. The highest BCUT2D eigenvalue weighted by Gasteiger charge is 2.18. The van der Waals surface area contributed by atoms with Crippen LogP contribution < -0.4 is 10.1 Å². The van der Waals surface area contributed by atoms with Gasteiger partial charge >= 0.3 is 0 Å². The van der Waals surface area contributed by atoms with Crippen LogP contribution in [0.3, 0.4) is 0 Å². The van der Waals surface area contributed by atoms with Crippen LogP contribution in [0.15, 0.2) is 18.2 Å². The molecule has 15 heavy (non-hydrogen) atoms. The molecule has 1 N–H and O–H groups in total. The first-order chi connectivity index (χ1) is 7.31. The maximum atomic E-state index is 13.6. The van der Waals surface area contributed by atoms with Crippen molar-refractivity contribution in [2.24, 2.45) is 0 Å². The lowest BCUT2D eigenvalue weighted by molar-refractivity contribution is 0.389. The van der Waals surface area contributed by atoms with E-state index in [-0.39, 0.29) is 11.9 Å². The monoisotopic (exact) mass is 209 g/mol. The Morgan fingerprint density at radius 1 is 1.40 bits per heavy atom. The van der Waals surface area contributed by atoms with Crippen LogP contribution in [-0.4, -0.2) is 13.7 Å². The number of ether oxygens (including phenoxy) is 1. The topological polar surface area (TPSA) is 21.3 Å². The van der Waals surface area contributed by atoms with Gasteiger partial charge in [-0.3, -0.25) is 0 Å². The number of piperidine rings is 1. The first kappa shape index (κ1) is 10.4. The van der Waals surface area contributed by atoms with Crippen LogP contribution in [0.1, 0.15) is 30.9 Å². The summed E-state index contributed by atoms with van der Waals surface area (Å²) in [6.07, 6.45) is 3.35. The lowest BCUT2D eigenvalue weighted by atomic mass is 9.97. The lowest BCUT2D eigenvalue weighted by Crippen LogP contribution is -2.27. The van der Waals surface area contributed by atoms with Crippen LogP contribution >= 0.6 is 0 Å². The predicted octanol–water partition coefficient (Wildman–Crippen LogP) is 2.65. The van der Waals surface area contributed by atoms with Crippen molar-refractivity contribution in [2.45, 2.75) is 25.3 Å². The molecule has 0 aliphatic carbocycles. The molecule has 3 heteroatoms. The molecular weight excluding hydrogens is 193 g/mol. The van der Waals surface area contributed by atoms with Crippen LogP contribution in [-0.2, 0) is 0 Å². The van der Waals surface area contributed by atoms with Crippen molar-refractivity contribution >= 4 is 0 Å². The third-order valence-corrected chi connectivity index (χ3v) is 2.89. The summed E-state index contributed by atoms with van der Waals surface area (Å²) in [5, 5.41) is 3.33. The highest BCUT2D eigenvalue weighted by Crippen LogP contribution is 2.27. The minimum Gasteiger partial charge on any atom is -0.497 e. The molecule has 1 fully saturated rings. The molecule has 1 saturated heterocycles. The Morgan fingerprint density at radius 2 is 2.27 bits per heavy atom. The summed E-state index contributed by atoms with van der Waals surface area (Å²) in [4.78, 5) is 0. The van der Waals surface area contributed by atoms with E-state index < -0.39 is 0 Å². The summed E-state index contributed by atoms with van der Waals surface area (Å²) in [7, 11) is 1.60. The number of hydrogen-bond acceptors (Lipinski definition) is 2. The van der Waals surface area contributed by atoms with Crippen molar-refractivity contribution in [3.63, 3.8) is 0 Å². The molecule has 82 valence electrons. The van der Waals surface area contributed by atoms with Gasteiger partial charge in [-0.25, -0.2) is 4.39 Å². The van der Waals surface area contributed by atoms with Crippen LogP contribution in [0.5, 0.6) is 5.75 Å². The van der Waals surface area contributed by atoms with E-state index >= 15 is 0 Å². The van der Waals surface area contributed by atoms with E-state index in [1.54, 1.807) is 19.2 Å². The smallest absolute Gasteiger partial charge is 0.128 e. The van der Waals surface area contributed by atoms with Crippen molar-refractivity contribution < 1.29 is 9.13 Å². The molecule has 0 unspecified atom stereocenters. The van der Waals surface area contributed by atoms with Crippen molar-refractivity contribution in [3.8, 4) is 5.75 Å². The number of rotatable bonds is 2. The van der Waals surface area contributed by atoms with E-state index in [1.807, 2.05) is 0 Å². The molecule has 2 nitrogen and oxygen atoms in total. The molecule has 0 aromatic heterocycles. The molecule has 1 aliphatic rings. The van der Waals surface area contributed by atoms with E-state index in [9.17, 15) is 4.39 Å². The standard InChI is InChI=1S/C12H16FNO/c1-15-9-5-6-11(13)10(8-9)12-4-2-3-7-14-12/h5-6,8,12,14H,2-4,7H2,1H3/t12-/m0/s1. The molecule has 0 saturated carbocycles. The van der Waals surface area contributed by atoms with Crippen LogP contribution in [0.25, 0.3) is 0 Å². The SMILES string of the molecule is COc1ccc(F)c([C@@H]2CCCCN2)c1. The fraction of sp³-hybridized carbons (Fsp3) is 0.500. The summed E-state index contributed by atoms with van der Waals surface area (Å²) in [5.41, 5.74) is 0.731. The number of nitrogens with one attached hydrogen (secondary N) is 1. The normalized spacial score (nSPS) is 21.3. The lowest BCUT2D eigenvalue weighted by Gasteiger charge is -2.24. The van der Waals surface area contributed by atoms with Gasteiger partial charge in [0.25, 0.3) is 0 Å². The van der Waals surface area contributed by atoms with Gasteiger partial charge in [-0.2, -0.15) is 0 Å². The Hall–Kier alpha value is -1.09. The Bertz CT molecular complexity index is 334. The molecule has 0 radical (unpaired) electrons. The van der Waals surface area contributed by atoms with Gasteiger partial charge in [0.1, 0.15) is 11.6 Å². The van der Waals surface area contributed by atoms with Gasteiger partial charge < -0.3 is 10.1 Å². The van der Waals surface area contributed by atoms with E-state index in [0.717, 1.165) is 30.7 Å². The number of halogens is 1. The highest BCUT2D eigenvalue weighted by molar-refractivity contribution is 5.32. The minimum absolute atomic E-state index is 0.143. The molecule has 2 rings (SSSR count). The van der Waals surface area contributed by atoms with E-state index in [1.165, 1.54) is 12.5 Å². The summed E-state index contributed by atoms with van der Waals surface area (Å²) < 4.78 is 18.7. The molecule has 0 bridgehead atoms. The fourth-order valence-electron chi connectivity index (χ4n) is 2.03. The molecule has 1 aromatic carbocycles. The van der Waals surface area contributed by atoms with Gasteiger partial charge in [0.05, 0.1) is 7.11 Å². The van der Waals surface area contributed by atoms with Gasteiger partial charge in [-0.1, -0.05) is 6.42 Å². The second kappa shape index (κ2) is 4.62. The van der Waals surface area contributed by atoms with E-state index in [2.05, 4.69) is 5.32 Å². The Balaban J connectivity index is 2.24. The third kappa shape index (κ3) is 2.29. The second-order valence-corrected chi connectivity index (χ2v) is 3.89. The molecule has 1 heterocycles. The molecular formula is C12H16FNO. The maximum Gasteiger partial charge on any atom is 0.128 e. The molecule has 1 atom stereocenters. The molecule has 0 spiro atoms.